The molecular weight excluding hydrogens is 383 g/mol. The van der Waals surface area contributed by atoms with Crippen molar-refractivity contribution in [2.75, 3.05) is 12.4 Å². The summed E-state index contributed by atoms with van der Waals surface area (Å²) in [6, 6.07) is 12.3. The van der Waals surface area contributed by atoms with Crippen molar-refractivity contribution >= 4 is 22.6 Å². The van der Waals surface area contributed by atoms with E-state index in [4.69, 9.17) is 4.74 Å². The maximum Gasteiger partial charge on any atom is 0.256 e. The van der Waals surface area contributed by atoms with Crippen molar-refractivity contribution in [2.45, 2.75) is 0 Å². The van der Waals surface area contributed by atoms with Crippen molar-refractivity contribution in [3.8, 4) is 16.9 Å². The Labute approximate surface area is 163 Å². The minimum atomic E-state index is -1.11. The minimum Gasteiger partial charge on any atom is -0.496 e. The monoisotopic (exact) mass is 397 g/mol. The highest BCUT2D eigenvalue weighted by Gasteiger charge is 2.15. The van der Waals surface area contributed by atoms with Crippen LogP contribution in [0.25, 0.3) is 22.0 Å². The first-order valence-electron chi connectivity index (χ1n) is 8.54. The quantitative estimate of drug-likeness (QED) is 0.514. The van der Waals surface area contributed by atoms with Gasteiger partial charge in [-0.1, -0.05) is 6.07 Å². The van der Waals surface area contributed by atoms with Gasteiger partial charge in [-0.3, -0.25) is 9.89 Å². The first-order chi connectivity index (χ1) is 14.0. The second-order valence-electron chi connectivity index (χ2n) is 6.26. The summed E-state index contributed by atoms with van der Waals surface area (Å²) in [6.45, 7) is 0. The summed E-state index contributed by atoms with van der Waals surface area (Å²) in [5.41, 5.74) is 1.81. The van der Waals surface area contributed by atoms with E-state index in [0.29, 0.717) is 27.8 Å². The molecule has 0 aliphatic rings. The van der Waals surface area contributed by atoms with Crippen LogP contribution >= 0.6 is 0 Å². The number of anilines is 1. The molecule has 3 aromatic carbocycles. The molecule has 2 N–H and O–H groups in total. The van der Waals surface area contributed by atoms with Gasteiger partial charge in [0.15, 0.2) is 17.5 Å². The molecule has 4 rings (SSSR count). The molecule has 0 radical (unpaired) electrons. The summed E-state index contributed by atoms with van der Waals surface area (Å²) in [6.07, 6.45) is 0. The third-order valence-corrected chi connectivity index (χ3v) is 4.45. The highest BCUT2D eigenvalue weighted by atomic mass is 19.2. The predicted molar refractivity (Wildman–Crippen MR) is 102 cm³/mol. The number of ether oxygens (including phenoxy) is 1. The van der Waals surface area contributed by atoms with Gasteiger partial charge in [-0.25, -0.2) is 13.2 Å². The van der Waals surface area contributed by atoms with Crippen molar-refractivity contribution in [3.05, 3.63) is 77.6 Å². The summed E-state index contributed by atoms with van der Waals surface area (Å²) in [4.78, 5) is 12.3. The number of rotatable bonds is 4. The van der Waals surface area contributed by atoms with E-state index in [1.165, 1.54) is 31.4 Å². The number of methoxy groups -OCH3 is 1. The Morgan fingerprint density at radius 3 is 2.59 bits per heavy atom. The Balaban J connectivity index is 1.66. The summed E-state index contributed by atoms with van der Waals surface area (Å²) < 4.78 is 45.4. The Morgan fingerprint density at radius 2 is 1.83 bits per heavy atom. The second-order valence-corrected chi connectivity index (χ2v) is 6.26. The number of nitrogens with zero attached hydrogens (tertiary/aromatic N) is 1. The molecule has 0 aliphatic carbocycles. The lowest BCUT2D eigenvalue weighted by Gasteiger charge is -2.09. The number of aromatic amines is 1. The third kappa shape index (κ3) is 3.52. The number of nitrogens with one attached hydrogen (secondary N) is 2. The van der Waals surface area contributed by atoms with Crippen LogP contribution in [0.15, 0.2) is 54.6 Å². The molecule has 0 aliphatic heterocycles. The normalized spacial score (nSPS) is 10.9. The largest absolute Gasteiger partial charge is 0.496 e. The van der Waals surface area contributed by atoms with Gasteiger partial charge >= 0.3 is 0 Å². The molecule has 1 heterocycles. The van der Waals surface area contributed by atoms with E-state index in [2.05, 4.69) is 15.5 Å². The molecule has 0 spiro atoms. The fourth-order valence-corrected chi connectivity index (χ4v) is 3.01. The lowest BCUT2D eigenvalue weighted by Crippen LogP contribution is -2.13. The number of carbonyl (C=O) groups excluding carboxylic acids is 1. The van der Waals surface area contributed by atoms with Gasteiger partial charge in [0.2, 0.25) is 0 Å². The van der Waals surface area contributed by atoms with Crippen molar-refractivity contribution in [3.63, 3.8) is 0 Å². The maximum atomic E-state index is 13.7. The van der Waals surface area contributed by atoms with Gasteiger partial charge in [-0.2, -0.15) is 5.10 Å². The zero-order valence-corrected chi connectivity index (χ0v) is 15.1. The molecule has 0 unspecified atom stereocenters. The topological polar surface area (TPSA) is 67.0 Å². The molecule has 5 nitrogen and oxygen atoms in total. The molecule has 0 bridgehead atoms. The molecule has 146 valence electrons. The van der Waals surface area contributed by atoms with Crippen LogP contribution in [-0.4, -0.2) is 23.2 Å². The van der Waals surface area contributed by atoms with E-state index in [0.717, 1.165) is 12.1 Å². The Kier molecular flexibility index (Phi) is 4.67. The van der Waals surface area contributed by atoms with E-state index in [1.54, 1.807) is 18.2 Å². The van der Waals surface area contributed by atoms with Gasteiger partial charge in [-0.05, 0) is 54.1 Å². The van der Waals surface area contributed by atoms with Gasteiger partial charge in [0.1, 0.15) is 11.6 Å². The SMILES string of the molecule is COc1ccc(F)cc1-c1ccc2c(NC(=O)c3ccc(F)c(F)c3)n[nH]c2c1. The zero-order valence-electron chi connectivity index (χ0n) is 15.1. The summed E-state index contributed by atoms with van der Waals surface area (Å²) in [5, 5.41) is 10.0. The fraction of sp³-hybridized carbons (Fsp3) is 0.0476. The molecule has 8 heteroatoms. The number of hydrogen-bond acceptors (Lipinski definition) is 3. The number of aromatic nitrogens is 2. The molecule has 1 aromatic heterocycles. The number of amides is 1. The number of benzene rings is 3. The van der Waals surface area contributed by atoms with Gasteiger partial charge in [0, 0.05) is 16.5 Å². The molecule has 0 saturated carbocycles. The fourth-order valence-electron chi connectivity index (χ4n) is 3.01. The van der Waals surface area contributed by atoms with Crippen LogP contribution in [0.3, 0.4) is 0 Å². The minimum absolute atomic E-state index is 0.0406. The predicted octanol–water partition coefficient (Wildman–Crippen LogP) is 4.91. The average Bonchev–Trinajstić information content (AvgIpc) is 3.12. The van der Waals surface area contributed by atoms with Crippen molar-refractivity contribution in [1.82, 2.24) is 10.2 Å². The van der Waals surface area contributed by atoms with E-state index >= 15 is 0 Å². The standard InChI is InChI=1S/C21H14F3N3O2/c1-29-19-7-4-13(22)10-15(19)11-2-5-14-18(9-11)26-27-20(14)25-21(28)12-3-6-16(23)17(24)8-12/h2-10H,1H3,(H2,25,26,27,28). The average molecular weight is 397 g/mol. The molecular formula is C21H14F3N3O2. The first-order valence-corrected chi connectivity index (χ1v) is 8.54. The number of fused-ring (bicyclic) bond motifs is 1. The van der Waals surface area contributed by atoms with Crippen molar-refractivity contribution in [1.29, 1.82) is 0 Å². The van der Waals surface area contributed by atoms with Gasteiger partial charge in [-0.15, -0.1) is 0 Å². The van der Waals surface area contributed by atoms with Crippen LogP contribution < -0.4 is 10.1 Å². The molecule has 1 amide bonds. The molecule has 4 aromatic rings. The summed E-state index contributed by atoms with van der Waals surface area (Å²) in [5.74, 6) is -2.44. The second kappa shape index (κ2) is 7.31. The van der Waals surface area contributed by atoms with E-state index in [-0.39, 0.29) is 11.4 Å². The number of carbonyl (C=O) groups is 1. The summed E-state index contributed by atoms with van der Waals surface area (Å²) in [7, 11) is 1.50. The molecule has 0 atom stereocenters. The van der Waals surface area contributed by atoms with Crippen molar-refractivity contribution < 1.29 is 22.7 Å². The lowest BCUT2D eigenvalue weighted by molar-refractivity contribution is 0.102. The van der Waals surface area contributed by atoms with Crippen LogP contribution in [0.1, 0.15) is 10.4 Å². The Morgan fingerprint density at radius 1 is 1.00 bits per heavy atom. The number of hydrogen-bond donors (Lipinski definition) is 2. The maximum absolute atomic E-state index is 13.7. The summed E-state index contributed by atoms with van der Waals surface area (Å²) >= 11 is 0. The number of H-pyrrole nitrogens is 1. The van der Waals surface area contributed by atoms with Gasteiger partial charge in [0.25, 0.3) is 5.91 Å². The van der Waals surface area contributed by atoms with Crippen LogP contribution in [0, 0.1) is 17.5 Å². The Bertz CT molecular complexity index is 1240. The van der Waals surface area contributed by atoms with Crippen LogP contribution in [0.5, 0.6) is 5.75 Å². The molecule has 0 fully saturated rings. The van der Waals surface area contributed by atoms with Crippen LogP contribution in [-0.2, 0) is 0 Å². The van der Waals surface area contributed by atoms with E-state index < -0.39 is 23.4 Å². The smallest absolute Gasteiger partial charge is 0.256 e. The highest BCUT2D eigenvalue weighted by molar-refractivity contribution is 6.08. The molecule has 29 heavy (non-hydrogen) atoms. The zero-order chi connectivity index (χ0) is 20.5. The van der Waals surface area contributed by atoms with Crippen LogP contribution in [0.2, 0.25) is 0 Å². The van der Waals surface area contributed by atoms with E-state index in [1.807, 2.05) is 0 Å². The Hall–Kier alpha value is -3.81. The van der Waals surface area contributed by atoms with Crippen molar-refractivity contribution in [2.24, 2.45) is 0 Å². The third-order valence-electron chi connectivity index (χ3n) is 4.45. The van der Waals surface area contributed by atoms with Gasteiger partial charge in [0.05, 0.1) is 12.6 Å². The highest BCUT2D eigenvalue weighted by Crippen LogP contribution is 2.33. The van der Waals surface area contributed by atoms with E-state index in [9.17, 15) is 18.0 Å². The van der Waals surface area contributed by atoms with Gasteiger partial charge < -0.3 is 10.1 Å². The molecule has 0 saturated heterocycles. The first kappa shape index (κ1) is 18.5. The van der Waals surface area contributed by atoms with Crippen LogP contribution in [0.4, 0.5) is 19.0 Å². The number of halogens is 3. The lowest BCUT2D eigenvalue weighted by atomic mass is 10.0.